The van der Waals surface area contributed by atoms with Crippen molar-refractivity contribution >= 4 is 0 Å². The van der Waals surface area contributed by atoms with E-state index in [2.05, 4.69) is 11.1 Å². The smallest absolute Gasteiger partial charge is 0.123 e. The first kappa shape index (κ1) is 12.6. The van der Waals surface area contributed by atoms with Crippen molar-refractivity contribution in [3.8, 4) is 5.75 Å². The standard InChI is InChI=1S/C15H18N2O/c1-10-4-5-14(18-3)12(8-10)15(16)13-9-17-7-6-11(13)2/h4-9,15H,16H2,1-3H3. The Balaban J connectivity index is 2.48. The summed E-state index contributed by atoms with van der Waals surface area (Å²) in [4.78, 5) is 4.15. The monoisotopic (exact) mass is 242 g/mol. The number of ether oxygens (including phenoxy) is 1. The van der Waals surface area contributed by atoms with E-state index in [1.165, 1.54) is 5.56 Å². The molecule has 1 heterocycles. The molecule has 0 aliphatic heterocycles. The summed E-state index contributed by atoms with van der Waals surface area (Å²) in [5, 5.41) is 0. The summed E-state index contributed by atoms with van der Waals surface area (Å²) in [6, 6.07) is 7.79. The number of nitrogens with zero attached hydrogens (tertiary/aromatic N) is 1. The van der Waals surface area contributed by atoms with E-state index in [4.69, 9.17) is 10.5 Å². The third kappa shape index (κ3) is 2.36. The maximum atomic E-state index is 6.34. The molecule has 0 radical (unpaired) electrons. The fourth-order valence-corrected chi connectivity index (χ4v) is 2.07. The molecule has 3 heteroatoms. The Labute approximate surface area is 108 Å². The lowest BCUT2D eigenvalue weighted by Gasteiger charge is -2.18. The molecule has 0 saturated heterocycles. The quantitative estimate of drug-likeness (QED) is 0.900. The number of hydrogen-bond donors (Lipinski definition) is 1. The minimum atomic E-state index is -0.214. The number of benzene rings is 1. The third-order valence-corrected chi connectivity index (χ3v) is 3.13. The van der Waals surface area contributed by atoms with Crippen molar-refractivity contribution in [1.29, 1.82) is 0 Å². The molecular weight excluding hydrogens is 224 g/mol. The van der Waals surface area contributed by atoms with Gasteiger partial charge in [-0.05, 0) is 37.1 Å². The SMILES string of the molecule is COc1ccc(C)cc1C(N)c1cnccc1C. The number of aryl methyl sites for hydroxylation is 2. The van der Waals surface area contributed by atoms with Crippen LogP contribution in [0.2, 0.25) is 0 Å². The number of hydrogen-bond acceptors (Lipinski definition) is 3. The van der Waals surface area contributed by atoms with Crippen LogP contribution >= 0.6 is 0 Å². The predicted molar refractivity (Wildman–Crippen MR) is 72.7 cm³/mol. The zero-order chi connectivity index (χ0) is 13.1. The molecule has 0 aliphatic rings. The molecule has 1 atom stereocenters. The van der Waals surface area contributed by atoms with Gasteiger partial charge in [-0.2, -0.15) is 0 Å². The van der Waals surface area contributed by atoms with Gasteiger partial charge in [-0.15, -0.1) is 0 Å². The lowest BCUT2D eigenvalue weighted by atomic mass is 9.95. The van der Waals surface area contributed by atoms with Gasteiger partial charge in [-0.25, -0.2) is 0 Å². The molecule has 0 saturated carbocycles. The zero-order valence-electron chi connectivity index (χ0n) is 11.0. The number of nitrogens with two attached hydrogens (primary N) is 1. The summed E-state index contributed by atoms with van der Waals surface area (Å²) >= 11 is 0. The zero-order valence-corrected chi connectivity index (χ0v) is 11.0. The predicted octanol–water partition coefficient (Wildman–Crippen LogP) is 2.76. The minimum Gasteiger partial charge on any atom is -0.496 e. The van der Waals surface area contributed by atoms with Gasteiger partial charge in [-0.3, -0.25) is 4.98 Å². The van der Waals surface area contributed by atoms with Crippen LogP contribution in [0.15, 0.2) is 36.7 Å². The molecule has 2 aromatic rings. The summed E-state index contributed by atoms with van der Waals surface area (Å²) in [7, 11) is 1.66. The van der Waals surface area contributed by atoms with Crippen molar-refractivity contribution in [3.05, 3.63) is 58.9 Å². The average Bonchev–Trinajstić information content (AvgIpc) is 2.38. The van der Waals surface area contributed by atoms with E-state index in [1.807, 2.05) is 38.2 Å². The van der Waals surface area contributed by atoms with Gasteiger partial charge in [0, 0.05) is 18.0 Å². The van der Waals surface area contributed by atoms with Crippen LogP contribution in [0.25, 0.3) is 0 Å². The van der Waals surface area contributed by atoms with Gasteiger partial charge in [0.1, 0.15) is 5.75 Å². The molecule has 0 bridgehead atoms. The van der Waals surface area contributed by atoms with E-state index in [0.29, 0.717) is 0 Å². The molecule has 3 nitrogen and oxygen atoms in total. The highest BCUT2D eigenvalue weighted by Crippen LogP contribution is 2.30. The normalized spacial score (nSPS) is 12.2. The topological polar surface area (TPSA) is 48.1 Å². The van der Waals surface area contributed by atoms with Gasteiger partial charge in [0.25, 0.3) is 0 Å². The molecule has 18 heavy (non-hydrogen) atoms. The summed E-state index contributed by atoms with van der Waals surface area (Å²) in [5.74, 6) is 0.816. The first-order valence-electron chi connectivity index (χ1n) is 5.94. The maximum absolute atomic E-state index is 6.34. The van der Waals surface area contributed by atoms with Gasteiger partial charge < -0.3 is 10.5 Å². The van der Waals surface area contributed by atoms with Crippen LogP contribution in [0.5, 0.6) is 5.75 Å². The Kier molecular flexibility index (Phi) is 3.63. The van der Waals surface area contributed by atoms with E-state index in [9.17, 15) is 0 Å². The Morgan fingerprint density at radius 3 is 2.61 bits per heavy atom. The van der Waals surface area contributed by atoms with Crippen LogP contribution in [0.3, 0.4) is 0 Å². The molecule has 1 aromatic heterocycles. The number of rotatable bonds is 3. The van der Waals surface area contributed by atoms with Crippen molar-refractivity contribution in [2.45, 2.75) is 19.9 Å². The van der Waals surface area contributed by atoms with Crippen LogP contribution < -0.4 is 10.5 Å². The number of pyridine rings is 1. The molecule has 0 aliphatic carbocycles. The largest absolute Gasteiger partial charge is 0.496 e. The van der Waals surface area contributed by atoms with Gasteiger partial charge in [0.2, 0.25) is 0 Å². The van der Waals surface area contributed by atoms with E-state index >= 15 is 0 Å². The number of aromatic nitrogens is 1. The summed E-state index contributed by atoms with van der Waals surface area (Å²) in [6.07, 6.45) is 3.60. The van der Waals surface area contributed by atoms with Gasteiger partial charge >= 0.3 is 0 Å². The van der Waals surface area contributed by atoms with Gasteiger partial charge in [-0.1, -0.05) is 17.7 Å². The van der Waals surface area contributed by atoms with E-state index in [-0.39, 0.29) is 6.04 Å². The summed E-state index contributed by atoms with van der Waals surface area (Å²) in [5.41, 5.74) is 10.7. The van der Waals surface area contributed by atoms with Gasteiger partial charge in [0.05, 0.1) is 13.2 Å². The first-order chi connectivity index (χ1) is 8.63. The fraction of sp³-hybridized carbons (Fsp3) is 0.267. The highest BCUT2D eigenvalue weighted by Gasteiger charge is 2.16. The molecule has 0 amide bonds. The lowest BCUT2D eigenvalue weighted by Crippen LogP contribution is -2.15. The van der Waals surface area contributed by atoms with Gasteiger partial charge in [0.15, 0.2) is 0 Å². The molecule has 0 fully saturated rings. The maximum Gasteiger partial charge on any atom is 0.123 e. The van der Waals surface area contributed by atoms with Crippen molar-refractivity contribution in [1.82, 2.24) is 4.98 Å². The Morgan fingerprint density at radius 1 is 1.17 bits per heavy atom. The lowest BCUT2D eigenvalue weighted by molar-refractivity contribution is 0.407. The van der Waals surface area contributed by atoms with Crippen LogP contribution in [-0.4, -0.2) is 12.1 Å². The van der Waals surface area contributed by atoms with Crippen LogP contribution in [0.1, 0.15) is 28.3 Å². The van der Waals surface area contributed by atoms with Crippen molar-refractivity contribution in [2.75, 3.05) is 7.11 Å². The van der Waals surface area contributed by atoms with E-state index in [0.717, 1.165) is 22.4 Å². The van der Waals surface area contributed by atoms with Crippen molar-refractivity contribution < 1.29 is 4.74 Å². The number of methoxy groups -OCH3 is 1. The van der Waals surface area contributed by atoms with Crippen molar-refractivity contribution in [3.63, 3.8) is 0 Å². The second-order valence-corrected chi connectivity index (χ2v) is 4.46. The van der Waals surface area contributed by atoms with Crippen LogP contribution in [-0.2, 0) is 0 Å². The average molecular weight is 242 g/mol. The van der Waals surface area contributed by atoms with E-state index < -0.39 is 0 Å². The molecule has 0 spiro atoms. The Morgan fingerprint density at radius 2 is 1.94 bits per heavy atom. The second-order valence-electron chi connectivity index (χ2n) is 4.46. The van der Waals surface area contributed by atoms with Crippen LogP contribution in [0, 0.1) is 13.8 Å². The summed E-state index contributed by atoms with van der Waals surface area (Å²) < 4.78 is 5.38. The Hall–Kier alpha value is -1.87. The summed E-state index contributed by atoms with van der Waals surface area (Å²) in [6.45, 7) is 4.09. The minimum absolute atomic E-state index is 0.214. The molecular formula is C15H18N2O. The van der Waals surface area contributed by atoms with Crippen LogP contribution in [0.4, 0.5) is 0 Å². The molecule has 2 N–H and O–H groups in total. The molecule has 1 unspecified atom stereocenters. The van der Waals surface area contributed by atoms with Crippen molar-refractivity contribution in [2.24, 2.45) is 5.73 Å². The molecule has 1 aromatic carbocycles. The van der Waals surface area contributed by atoms with E-state index in [1.54, 1.807) is 13.3 Å². The first-order valence-corrected chi connectivity index (χ1v) is 5.94. The highest BCUT2D eigenvalue weighted by atomic mass is 16.5. The molecule has 94 valence electrons. The molecule has 2 rings (SSSR count). The fourth-order valence-electron chi connectivity index (χ4n) is 2.07. The second kappa shape index (κ2) is 5.19. The third-order valence-electron chi connectivity index (χ3n) is 3.13. The highest BCUT2D eigenvalue weighted by molar-refractivity contribution is 5.44. The Bertz CT molecular complexity index is 552.